The second-order valence-corrected chi connectivity index (χ2v) is 5.42. The summed E-state index contributed by atoms with van der Waals surface area (Å²) in [5.74, 6) is 0.698. The smallest absolute Gasteiger partial charge is 0.0795 e. The van der Waals surface area contributed by atoms with Crippen LogP contribution in [0, 0.1) is 5.92 Å². The van der Waals surface area contributed by atoms with E-state index in [1.165, 1.54) is 5.69 Å². The zero-order valence-corrected chi connectivity index (χ0v) is 11.5. The van der Waals surface area contributed by atoms with Gasteiger partial charge in [-0.3, -0.25) is 4.90 Å². The van der Waals surface area contributed by atoms with E-state index in [-0.39, 0.29) is 0 Å². The van der Waals surface area contributed by atoms with E-state index < -0.39 is 0 Å². The summed E-state index contributed by atoms with van der Waals surface area (Å²) in [7, 11) is 2.14. The van der Waals surface area contributed by atoms with Gasteiger partial charge in [0.05, 0.1) is 11.2 Å². The molecule has 16 heavy (non-hydrogen) atoms. The summed E-state index contributed by atoms with van der Waals surface area (Å²) < 4.78 is 0. The van der Waals surface area contributed by atoms with E-state index in [1.54, 1.807) is 11.3 Å². The third kappa shape index (κ3) is 5.05. The van der Waals surface area contributed by atoms with Crippen molar-refractivity contribution in [3.05, 3.63) is 16.6 Å². The van der Waals surface area contributed by atoms with Crippen molar-refractivity contribution in [2.75, 3.05) is 20.1 Å². The van der Waals surface area contributed by atoms with Gasteiger partial charge >= 0.3 is 0 Å². The summed E-state index contributed by atoms with van der Waals surface area (Å²) in [6, 6.07) is 0.590. The monoisotopic (exact) mass is 241 g/mol. The molecule has 0 fully saturated rings. The number of thiazole rings is 1. The fourth-order valence-electron chi connectivity index (χ4n) is 1.39. The van der Waals surface area contributed by atoms with Gasteiger partial charge in [-0.2, -0.15) is 0 Å². The summed E-state index contributed by atoms with van der Waals surface area (Å²) in [4.78, 5) is 6.58. The first kappa shape index (κ1) is 13.6. The Hall–Kier alpha value is -0.450. The van der Waals surface area contributed by atoms with Crippen molar-refractivity contribution in [2.24, 2.45) is 5.92 Å². The molecule has 0 aliphatic carbocycles. The highest BCUT2D eigenvalue weighted by Gasteiger charge is 2.06. The second-order valence-electron chi connectivity index (χ2n) is 4.70. The molecule has 1 aromatic heterocycles. The lowest BCUT2D eigenvalue weighted by Gasteiger charge is -2.20. The van der Waals surface area contributed by atoms with Crippen LogP contribution in [0.4, 0.5) is 0 Å². The molecule has 0 aromatic carbocycles. The van der Waals surface area contributed by atoms with Crippen molar-refractivity contribution in [3.8, 4) is 0 Å². The summed E-state index contributed by atoms with van der Waals surface area (Å²) in [6.07, 6.45) is 0. The zero-order valence-electron chi connectivity index (χ0n) is 10.7. The maximum absolute atomic E-state index is 4.28. The van der Waals surface area contributed by atoms with Gasteiger partial charge in [0.15, 0.2) is 0 Å². The van der Waals surface area contributed by atoms with Crippen LogP contribution in [0.1, 0.15) is 26.5 Å². The number of nitrogens with one attached hydrogen (secondary N) is 1. The molecule has 1 N–H and O–H groups in total. The molecule has 0 saturated carbocycles. The Morgan fingerprint density at radius 3 is 2.75 bits per heavy atom. The number of nitrogens with zero attached hydrogens (tertiary/aromatic N) is 2. The fraction of sp³-hybridized carbons (Fsp3) is 0.750. The van der Waals surface area contributed by atoms with Crippen molar-refractivity contribution in [3.63, 3.8) is 0 Å². The highest BCUT2D eigenvalue weighted by molar-refractivity contribution is 7.07. The minimum absolute atomic E-state index is 0.590. The highest BCUT2D eigenvalue weighted by Crippen LogP contribution is 2.03. The zero-order chi connectivity index (χ0) is 12.0. The quantitative estimate of drug-likeness (QED) is 0.793. The maximum atomic E-state index is 4.28. The lowest BCUT2D eigenvalue weighted by Crippen LogP contribution is -2.36. The number of hydrogen-bond donors (Lipinski definition) is 1. The Balaban J connectivity index is 2.13. The molecule has 92 valence electrons. The molecule has 1 rings (SSSR count). The van der Waals surface area contributed by atoms with Crippen molar-refractivity contribution in [1.29, 1.82) is 0 Å². The van der Waals surface area contributed by atoms with Gasteiger partial charge in [-0.05, 0) is 19.9 Å². The molecule has 1 unspecified atom stereocenters. The summed E-state index contributed by atoms with van der Waals surface area (Å²) in [5.41, 5.74) is 3.06. The molecule has 0 aliphatic rings. The van der Waals surface area contributed by atoms with Crippen LogP contribution in [0.2, 0.25) is 0 Å². The average molecular weight is 241 g/mol. The molecule has 0 bridgehead atoms. The van der Waals surface area contributed by atoms with E-state index in [1.807, 2.05) is 5.51 Å². The molecule has 0 radical (unpaired) electrons. The summed E-state index contributed by atoms with van der Waals surface area (Å²) in [5, 5.41) is 5.64. The largest absolute Gasteiger partial charge is 0.313 e. The standard InChI is InChI=1S/C12H23N3S/c1-10(2)11(3)13-5-6-15(4)7-12-8-16-9-14-12/h8-11,13H,5-7H2,1-4H3. The number of likely N-dealkylation sites (N-methyl/N-ethyl adjacent to an activating group) is 1. The Labute approximate surface area is 103 Å². The van der Waals surface area contributed by atoms with E-state index in [4.69, 9.17) is 0 Å². The molecule has 1 heterocycles. The van der Waals surface area contributed by atoms with Gasteiger partial charge < -0.3 is 5.32 Å². The van der Waals surface area contributed by atoms with E-state index in [0.29, 0.717) is 12.0 Å². The molecule has 1 aromatic rings. The van der Waals surface area contributed by atoms with Gasteiger partial charge in [0.2, 0.25) is 0 Å². The topological polar surface area (TPSA) is 28.2 Å². The lowest BCUT2D eigenvalue weighted by atomic mass is 10.1. The normalized spacial score (nSPS) is 13.6. The van der Waals surface area contributed by atoms with E-state index in [9.17, 15) is 0 Å². The van der Waals surface area contributed by atoms with Gasteiger partial charge in [0, 0.05) is 31.1 Å². The number of aromatic nitrogens is 1. The molecule has 0 saturated heterocycles. The average Bonchev–Trinajstić information content (AvgIpc) is 2.70. The predicted molar refractivity (Wildman–Crippen MR) is 70.8 cm³/mol. The summed E-state index contributed by atoms with van der Waals surface area (Å²) >= 11 is 1.66. The Morgan fingerprint density at radius 1 is 1.44 bits per heavy atom. The van der Waals surface area contributed by atoms with E-state index in [0.717, 1.165) is 19.6 Å². The molecule has 3 nitrogen and oxygen atoms in total. The van der Waals surface area contributed by atoms with Crippen molar-refractivity contribution < 1.29 is 0 Å². The van der Waals surface area contributed by atoms with Gasteiger partial charge in [-0.15, -0.1) is 11.3 Å². The second kappa shape index (κ2) is 6.99. The molecule has 0 amide bonds. The van der Waals surface area contributed by atoms with Crippen LogP contribution in [0.25, 0.3) is 0 Å². The van der Waals surface area contributed by atoms with Crippen LogP contribution in [0.3, 0.4) is 0 Å². The van der Waals surface area contributed by atoms with Crippen LogP contribution in [-0.4, -0.2) is 36.1 Å². The minimum Gasteiger partial charge on any atom is -0.313 e. The Morgan fingerprint density at radius 2 is 2.19 bits per heavy atom. The molecule has 0 spiro atoms. The highest BCUT2D eigenvalue weighted by atomic mass is 32.1. The third-order valence-electron chi connectivity index (χ3n) is 2.88. The van der Waals surface area contributed by atoms with Gasteiger partial charge in [0.25, 0.3) is 0 Å². The van der Waals surface area contributed by atoms with Crippen molar-refractivity contribution >= 4 is 11.3 Å². The van der Waals surface area contributed by atoms with Crippen LogP contribution in [-0.2, 0) is 6.54 Å². The molecular weight excluding hydrogens is 218 g/mol. The molecular formula is C12H23N3S. The molecule has 1 atom stereocenters. The van der Waals surface area contributed by atoms with Gasteiger partial charge in [-0.1, -0.05) is 13.8 Å². The third-order valence-corrected chi connectivity index (χ3v) is 3.51. The molecule has 0 aliphatic heterocycles. The van der Waals surface area contributed by atoms with E-state index >= 15 is 0 Å². The van der Waals surface area contributed by atoms with Gasteiger partial charge in [-0.25, -0.2) is 4.98 Å². The summed E-state index contributed by atoms with van der Waals surface area (Å²) in [6.45, 7) is 9.79. The van der Waals surface area contributed by atoms with Crippen molar-refractivity contribution in [1.82, 2.24) is 15.2 Å². The lowest BCUT2D eigenvalue weighted by molar-refractivity contribution is 0.306. The predicted octanol–water partition coefficient (Wildman–Crippen LogP) is 2.21. The first-order valence-electron chi connectivity index (χ1n) is 5.88. The number of hydrogen-bond acceptors (Lipinski definition) is 4. The van der Waals surface area contributed by atoms with Crippen LogP contribution in [0.15, 0.2) is 10.9 Å². The van der Waals surface area contributed by atoms with E-state index in [2.05, 4.69) is 48.4 Å². The van der Waals surface area contributed by atoms with Crippen LogP contribution >= 0.6 is 11.3 Å². The van der Waals surface area contributed by atoms with Crippen LogP contribution in [0.5, 0.6) is 0 Å². The maximum Gasteiger partial charge on any atom is 0.0795 e. The molecule has 4 heteroatoms. The number of rotatable bonds is 7. The fourth-order valence-corrected chi connectivity index (χ4v) is 1.94. The first-order valence-corrected chi connectivity index (χ1v) is 6.83. The Kier molecular flexibility index (Phi) is 5.95. The van der Waals surface area contributed by atoms with Crippen LogP contribution < -0.4 is 5.32 Å². The van der Waals surface area contributed by atoms with Gasteiger partial charge in [0.1, 0.15) is 0 Å². The Bertz CT molecular complexity index is 272. The minimum atomic E-state index is 0.590. The van der Waals surface area contributed by atoms with Crippen molar-refractivity contribution in [2.45, 2.75) is 33.4 Å². The SMILES string of the molecule is CC(C)C(C)NCCN(C)Cc1cscn1. The first-order chi connectivity index (χ1) is 7.59.